The van der Waals surface area contributed by atoms with Crippen molar-refractivity contribution in [3.05, 3.63) is 47.8 Å². The van der Waals surface area contributed by atoms with Gasteiger partial charge in [0, 0.05) is 12.6 Å². The Balaban J connectivity index is 1.99. The average Bonchev–Trinajstić information content (AvgIpc) is 2.89. The molecular weight excluding hydrogens is 248 g/mol. The van der Waals surface area contributed by atoms with Crippen LogP contribution in [0.15, 0.2) is 36.5 Å². The van der Waals surface area contributed by atoms with Crippen molar-refractivity contribution >= 4 is 0 Å². The van der Waals surface area contributed by atoms with Crippen molar-refractivity contribution < 1.29 is 0 Å². The molecule has 1 N–H and O–H groups in total. The van der Waals surface area contributed by atoms with Gasteiger partial charge in [0.25, 0.3) is 0 Å². The Morgan fingerprint density at radius 2 is 1.90 bits per heavy atom. The zero-order valence-corrected chi connectivity index (χ0v) is 12.8. The molecule has 1 unspecified atom stereocenters. The zero-order valence-electron chi connectivity index (χ0n) is 12.8. The van der Waals surface area contributed by atoms with Crippen LogP contribution in [-0.4, -0.2) is 15.0 Å². The molecule has 0 aliphatic carbocycles. The Hall–Kier alpha value is -1.68. The first-order valence-electron chi connectivity index (χ1n) is 7.20. The summed E-state index contributed by atoms with van der Waals surface area (Å²) < 4.78 is 1.91. The lowest BCUT2D eigenvalue weighted by molar-refractivity contribution is 0.346. The fourth-order valence-corrected chi connectivity index (χ4v) is 2.12. The van der Waals surface area contributed by atoms with Crippen molar-refractivity contribution in [2.75, 3.05) is 0 Å². The van der Waals surface area contributed by atoms with E-state index in [9.17, 15) is 0 Å². The first kappa shape index (κ1) is 14.7. The standard InChI is InChI=1S/C16H24N4/c1-5-15(13-9-7-6-8-10-13)17-11-14-12-20(19-18-14)16(2,3)4/h6-10,12,15,17H,5,11H2,1-4H3. The molecular formula is C16H24N4. The molecule has 0 spiro atoms. The summed E-state index contributed by atoms with van der Waals surface area (Å²) in [7, 11) is 0. The van der Waals surface area contributed by atoms with Crippen molar-refractivity contribution in [1.82, 2.24) is 20.3 Å². The maximum Gasteiger partial charge on any atom is 0.0965 e. The van der Waals surface area contributed by atoms with Gasteiger partial charge in [0.05, 0.1) is 17.4 Å². The molecule has 1 heterocycles. The van der Waals surface area contributed by atoms with Gasteiger partial charge in [0.2, 0.25) is 0 Å². The number of nitrogens with one attached hydrogen (secondary N) is 1. The smallest absolute Gasteiger partial charge is 0.0965 e. The van der Waals surface area contributed by atoms with Crippen LogP contribution in [0.5, 0.6) is 0 Å². The van der Waals surface area contributed by atoms with Gasteiger partial charge in [-0.05, 0) is 32.8 Å². The van der Waals surface area contributed by atoms with Gasteiger partial charge in [0.15, 0.2) is 0 Å². The maximum absolute atomic E-state index is 4.23. The summed E-state index contributed by atoms with van der Waals surface area (Å²) in [6, 6.07) is 10.9. The second-order valence-corrected chi connectivity index (χ2v) is 6.08. The largest absolute Gasteiger partial charge is 0.304 e. The molecule has 1 aromatic carbocycles. The summed E-state index contributed by atoms with van der Waals surface area (Å²) in [5, 5.41) is 12.0. The van der Waals surface area contributed by atoms with Gasteiger partial charge in [-0.15, -0.1) is 5.10 Å². The number of aromatic nitrogens is 3. The lowest BCUT2D eigenvalue weighted by atomic mass is 10.0. The molecule has 0 radical (unpaired) electrons. The van der Waals surface area contributed by atoms with Crippen molar-refractivity contribution in [2.45, 2.75) is 52.2 Å². The van der Waals surface area contributed by atoms with Crippen LogP contribution in [0.3, 0.4) is 0 Å². The molecule has 2 aromatic rings. The minimum absolute atomic E-state index is 0.0190. The third-order valence-corrected chi connectivity index (χ3v) is 3.37. The molecule has 2 rings (SSSR count). The maximum atomic E-state index is 4.23. The first-order chi connectivity index (χ1) is 9.50. The monoisotopic (exact) mass is 272 g/mol. The summed E-state index contributed by atoms with van der Waals surface area (Å²) >= 11 is 0. The van der Waals surface area contributed by atoms with Gasteiger partial charge in [-0.1, -0.05) is 42.5 Å². The fourth-order valence-electron chi connectivity index (χ4n) is 2.12. The molecule has 1 atom stereocenters. The van der Waals surface area contributed by atoms with Gasteiger partial charge in [-0.3, -0.25) is 0 Å². The van der Waals surface area contributed by atoms with Crippen molar-refractivity contribution in [3.8, 4) is 0 Å². The van der Waals surface area contributed by atoms with E-state index in [4.69, 9.17) is 0 Å². The molecule has 4 nitrogen and oxygen atoms in total. The van der Waals surface area contributed by atoms with Crippen molar-refractivity contribution in [2.24, 2.45) is 0 Å². The molecule has 0 amide bonds. The van der Waals surface area contributed by atoms with Gasteiger partial charge < -0.3 is 5.32 Å². The fraction of sp³-hybridized carbons (Fsp3) is 0.500. The highest BCUT2D eigenvalue weighted by atomic mass is 15.4. The van der Waals surface area contributed by atoms with Crippen LogP contribution >= 0.6 is 0 Å². The van der Waals surface area contributed by atoms with E-state index >= 15 is 0 Å². The second-order valence-electron chi connectivity index (χ2n) is 6.08. The number of hydrogen-bond donors (Lipinski definition) is 1. The van der Waals surface area contributed by atoms with Gasteiger partial charge in [-0.2, -0.15) is 0 Å². The van der Waals surface area contributed by atoms with E-state index in [1.165, 1.54) is 5.56 Å². The zero-order chi connectivity index (χ0) is 14.6. The first-order valence-corrected chi connectivity index (χ1v) is 7.20. The van der Waals surface area contributed by atoms with E-state index in [0.29, 0.717) is 6.04 Å². The highest BCUT2D eigenvalue weighted by molar-refractivity contribution is 5.18. The molecule has 0 aliphatic rings. The molecule has 20 heavy (non-hydrogen) atoms. The molecule has 0 saturated carbocycles. The van der Waals surface area contributed by atoms with E-state index < -0.39 is 0 Å². The molecule has 0 aliphatic heterocycles. The van der Waals surface area contributed by atoms with Crippen molar-refractivity contribution in [3.63, 3.8) is 0 Å². The number of rotatable bonds is 5. The molecule has 0 saturated heterocycles. The summed E-state index contributed by atoms with van der Waals surface area (Å²) in [4.78, 5) is 0. The predicted octanol–water partition coefficient (Wildman–Crippen LogP) is 3.27. The Labute approximate surface area is 121 Å². The summed E-state index contributed by atoms with van der Waals surface area (Å²) in [5.41, 5.74) is 2.28. The van der Waals surface area contributed by atoms with E-state index in [0.717, 1.165) is 18.7 Å². The van der Waals surface area contributed by atoms with Crippen LogP contribution in [0.2, 0.25) is 0 Å². The minimum atomic E-state index is -0.0190. The molecule has 1 aromatic heterocycles. The summed E-state index contributed by atoms with van der Waals surface area (Å²) in [6.45, 7) is 9.30. The van der Waals surface area contributed by atoms with Gasteiger partial charge in [0.1, 0.15) is 0 Å². The van der Waals surface area contributed by atoms with Crippen LogP contribution < -0.4 is 5.32 Å². The van der Waals surface area contributed by atoms with Crippen LogP contribution in [-0.2, 0) is 12.1 Å². The van der Waals surface area contributed by atoms with E-state index in [1.807, 2.05) is 16.9 Å². The van der Waals surface area contributed by atoms with Crippen molar-refractivity contribution in [1.29, 1.82) is 0 Å². The lowest BCUT2D eigenvalue weighted by Gasteiger charge is -2.18. The normalized spacial score (nSPS) is 13.4. The lowest BCUT2D eigenvalue weighted by Crippen LogP contribution is -2.22. The predicted molar refractivity (Wildman–Crippen MR) is 81.3 cm³/mol. The summed E-state index contributed by atoms with van der Waals surface area (Å²) in [6.07, 6.45) is 3.07. The van der Waals surface area contributed by atoms with Crippen LogP contribution in [0.4, 0.5) is 0 Å². The summed E-state index contributed by atoms with van der Waals surface area (Å²) in [5.74, 6) is 0. The molecule has 0 bridgehead atoms. The Kier molecular flexibility index (Phi) is 4.55. The van der Waals surface area contributed by atoms with E-state index in [-0.39, 0.29) is 5.54 Å². The number of nitrogens with zero attached hydrogens (tertiary/aromatic N) is 3. The Morgan fingerprint density at radius 3 is 2.45 bits per heavy atom. The third kappa shape index (κ3) is 3.67. The second kappa shape index (κ2) is 6.18. The Morgan fingerprint density at radius 1 is 1.20 bits per heavy atom. The molecule has 0 fully saturated rings. The SMILES string of the molecule is CCC(NCc1cn(C(C)(C)C)nn1)c1ccccc1. The molecule has 108 valence electrons. The van der Waals surface area contributed by atoms with E-state index in [2.05, 4.69) is 67.6 Å². The highest BCUT2D eigenvalue weighted by Crippen LogP contribution is 2.17. The Bertz CT molecular complexity index is 525. The van der Waals surface area contributed by atoms with Crippen LogP contribution in [0.1, 0.15) is 51.4 Å². The molecule has 4 heteroatoms. The van der Waals surface area contributed by atoms with Crippen LogP contribution in [0, 0.1) is 0 Å². The van der Waals surface area contributed by atoms with Gasteiger partial charge >= 0.3 is 0 Å². The third-order valence-electron chi connectivity index (χ3n) is 3.37. The average molecular weight is 272 g/mol. The van der Waals surface area contributed by atoms with E-state index in [1.54, 1.807) is 0 Å². The quantitative estimate of drug-likeness (QED) is 0.908. The van der Waals surface area contributed by atoms with Gasteiger partial charge in [-0.25, -0.2) is 4.68 Å². The highest BCUT2D eigenvalue weighted by Gasteiger charge is 2.15. The topological polar surface area (TPSA) is 42.7 Å². The van der Waals surface area contributed by atoms with Crippen LogP contribution in [0.25, 0.3) is 0 Å². The minimum Gasteiger partial charge on any atom is -0.304 e. The number of hydrogen-bond acceptors (Lipinski definition) is 3. The number of benzene rings is 1.